The SMILES string of the molecule is C/C(NC(C)(C)CO)=C(\O)c1cccc(Cl)c1. The van der Waals surface area contributed by atoms with Crippen molar-refractivity contribution >= 4 is 17.4 Å². The second-order valence-electron chi connectivity index (χ2n) is 4.65. The summed E-state index contributed by atoms with van der Waals surface area (Å²) >= 11 is 5.86. The molecular formula is C13H18ClNO2. The van der Waals surface area contributed by atoms with Crippen LogP contribution >= 0.6 is 11.6 Å². The molecule has 0 saturated heterocycles. The molecule has 0 saturated carbocycles. The van der Waals surface area contributed by atoms with Crippen molar-refractivity contribution in [2.45, 2.75) is 26.3 Å². The fourth-order valence-electron chi connectivity index (χ4n) is 1.46. The van der Waals surface area contributed by atoms with Gasteiger partial charge in [0.1, 0.15) is 5.76 Å². The van der Waals surface area contributed by atoms with Crippen molar-refractivity contribution in [2.24, 2.45) is 0 Å². The number of aliphatic hydroxyl groups is 2. The van der Waals surface area contributed by atoms with Crippen LogP contribution in [0.15, 0.2) is 30.0 Å². The molecule has 0 unspecified atom stereocenters. The van der Waals surface area contributed by atoms with Gasteiger partial charge in [-0.2, -0.15) is 0 Å². The predicted octanol–water partition coefficient (Wildman–Crippen LogP) is 2.95. The van der Waals surface area contributed by atoms with Gasteiger partial charge in [0.25, 0.3) is 0 Å². The van der Waals surface area contributed by atoms with Gasteiger partial charge in [-0.05, 0) is 32.9 Å². The Kier molecular flexibility index (Phi) is 4.43. The normalized spacial score (nSPS) is 13.2. The number of nitrogens with one attached hydrogen (secondary N) is 1. The molecule has 17 heavy (non-hydrogen) atoms. The maximum absolute atomic E-state index is 10.0. The molecule has 0 aliphatic rings. The third-order valence-corrected chi connectivity index (χ3v) is 2.61. The Balaban J connectivity index is 2.97. The van der Waals surface area contributed by atoms with Crippen LogP contribution in [0.2, 0.25) is 5.02 Å². The molecule has 3 N–H and O–H groups in total. The van der Waals surface area contributed by atoms with E-state index in [2.05, 4.69) is 5.32 Å². The Bertz CT molecular complexity index is 427. The molecule has 0 aliphatic heterocycles. The summed E-state index contributed by atoms with van der Waals surface area (Å²) in [4.78, 5) is 0. The molecule has 0 aromatic heterocycles. The van der Waals surface area contributed by atoms with Gasteiger partial charge < -0.3 is 15.5 Å². The van der Waals surface area contributed by atoms with E-state index in [1.165, 1.54) is 0 Å². The summed E-state index contributed by atoms with van der Waals surface area (Å²) in [7, 11) is 0. The second kappa shape index (κ2) is 5.43. The fourth-order valence-corrected chi connectivity index (χ4v) is 1.65. The molecule has 1 rings (SSSR count). The van der Waals surface area contributed by atoms with Gasteiger partial charge in [-0.1, -0.05) is 23.7 Å². The summed E-state index contributed by atoms with van der Waals surface area (Å²) in [5.74, 6) is 0.133. The zero-order valence-corrected chi connectivity index (χ0v) is 11.0. The first-order valence-electron chi connectivity index (χ1n) is 5.40. The van der Waals surface area contributed by atoms with Crippen LogP contribution in [0.25, 0.3) is 5.76 Å². The lowest BCUT2D eigenvalue weighted by Gasteiger charge is -2.25. The minimum absolute atomic E-state index is 0.0207. The maximum atomic E-state index is 10.0. The quantitative estimate of drug-likeness (QED) is 0.725. The summed E-state index contributed by atoms with van der Waals surface area (Å²) in [6.45, 7) is 5.43. The van der Waals surface area contributed by atoms with E-state index in [4.69, 9.17) is 16.7 Å². The zero-order valence-electron chi connectivity index (χ0n) is 10.3. The van der Waals surface area contributed by atoms with E-state index in [0.717, 1.165) is 0 Å². The smallest absolute Gasteiger partial charge is 0.141 e. The lowest BCUT2D eigenvalue weighted by Crippen LogP contribution is -2.41. The molecule has 0 fully saturated rings. The summed E-state index contributed by atoms with van der Waals surface area (Å²) in [6.07, 6.45) is 0. The number of allylic oxidation sites excluding steroid dienone is 1. The molecule has 4 heteroatoms. The van der Waals surface area contributed by atoms with Crippen molar-refractivity contribution in [3.8, 4) is 0 Å². The first-order chi connectivity index (χ1) is 7.85. The van der Waals surface area contributed by atoms with Crippen molar-refractivity contribution in [1.82, 2.24) is 5.32 Å². The van der Waals surface area contributed by atoms with Crippen molar-refractivity contribution in [3.05, 3.63) is 40.5 Å². The van der Waals surface area contributed by atoms with Gasteiger partial charge in [0.15, 0.2) is 0 Å². The van der Waals surface area contributed by atoms with Crippen molar-refractivity contribution < 1.29 is 10.2 Å². The third kappa shape index (κ3) is 3.95. The van der Waals surface area contributed by atoms with E-state index in [-0.39, 0.29) is 12.4 Å². The molecule has 0 aliphatic carbocycles. The van der Waals surface area contributed by atoms with E-state index in [1.54, 1.807) is 31.2 Å². The zero-order chi connectivity index (χ0) is 13.1. The third-order valence-electron chi connectivity index (χ3n) is 2.37. The molecule has 94 valence electrons. The van der Waals surface area contributed by atoms with Gasteiger partial charge in [0.05, 0.1) is 17.8 Å². The fraction of sp³-hybridized carbons (Fsp3) is 0.385. The number of rotatable bonds is 4. The number of benzene rings is 1. The maximum Gasteiger partial charge on any atom is 0.141 e. The predicted molar refractivity (Wildman–Crippen MR) is 71.0 cm³/mol. The molecule has 0 bridgehead atoms. The van der Waals surface area contributed by atoms with Gasteiger partial charge >= 0.3 is 0 Å². The van der Waals surface area contributed by atoms with Crippen LogP contribution in [0, 0.1) is 0 Å². The first kappa shape index (κ1) is 13.9. The number of aliphatic hydroxyl groups excluding tert-OH is 2. The molecule has 1 aromatic carbocycles. The molecule has 0 radical (unpaired) electrons. The topological polar surface area (TPSA) is 52.5 Å². The Morgan fingerprint density at radius 2 is 2.06 bits per heavy atom. The highest BCUT2D eigenvalue weighted by Gasteiger charge is 2.17. The van der Waals surface area contributed by atoms with Crippen LogP contribution in [0.3, 0.4) is 0 Å². The second-order valence-corrected chi connectivity index (χ2v) is 5.09. The summed E-state index contributed by atoms with van der Waals surface area (Å²) in [5.41, 5.74) is 0.777. The lowest BCUT2D eigenvalue weighted by molar-refractivity contribution is 0.198. The Morgan fingerprint density at radius 1 is 1.41 bits per heavy atom. The molecule has 0 amide bonds. The minimum Gasteiger partial charge on any atom is -0.506 e. The van der Waals surface area contributed by atoms with Gasteiger partial charge in [0, 0.05) is 10.6 Å². The van der Waals surface area contributed by atoms with Crippen LogP contribution < -0.4 is 5.32 Å². The Hall–Kier alpha value is -1.19. The molecule has 3 nitrogen and oxygen atoms in total. The number of hydrogen-bond donors (Lipinski definition) is 3. The molecule has 1 aromatic rings. The molecule has 0 heterocycles. The molecule has 0 atom stereocenters. The highest BCUT2D eigenvalue weighted by atomic mass is 35.5. The lowest BCUT2D eigenvalue weighted by atomic mass is 10.1. The number of halogens is 1. The highest BCUT2D eigenvalue weighted by molar-refractivity contribution is 6.30. The van der Waals surface area contributed by atoms with Gasteiger partial charge in [0.2, 0.25) is 0 Å². The largest absolute Gasteiger partial charge is 0.506 e. The van der Waals surface area contributed by atoms with E-state index < -0.39 is 5.54 Å². The summed E-state index contributed by atoms with van der Waals surface area (Å²) in [6, 6.07) is 6.99. The average Bonchev–Trinajstić information content (AvgIpc) is 2.27. The first-order valence-corrected chi connectivity index (χ1v) is 5.78. The summed E-state index contributed by atoms with van der Waals surface area (Å²) < 4.78 is 0. The van der Waals surface area contributed by atoms with Gasteiger partial charge in [-0.25, -0.2) is 0 Å². The van der Waals surface area contributed by atoms with E-state index in [0.29, 0.717) is 16.3 Å². The van der Waals surface area contributed by atoms with Gasteiger partial charge in [-0.3, -0.25) is 0 Å². The Labute approximate surface area is 107 Å². The molecular weight excluding hydrogens is 238 g/mol. The minimum atomic E-state index is -0.476. The highest BCUT2D eigenvalue weighted by Crippen LogP contribution is 2.19. The Morgan fingerprint density at radius 3 is 2.59 bits per heavy atom. The molecule has 0 spiro atoms. The van der Waals surface area contributed by atoms with Crippen LogP contribution in [-0.4, -0.2) is 22.4 Å². The summed E-state index contributed by atoms with van der Waals surface area (Å²) in [5, 5.41) is 22.8. The van der Waals surface area contributed by atoms with Crippen molar-refractivity contribution in [3.63, 3.8) is 0 Å². The van der Waals surface area contributed by atoms with Crippen LogP contribution in [0.1, 0.15) is 26.3 Å². The van der Waals surface area contributed by atoms with Crippen molar-refractivity contribution in [1.29, 1.82) is 0 Å². The monoisotopic (exact) mass is 255 g/mol. The van der Waals surface area contributed by atoms with E-state index in [9.17, 15) is 5.11 Å². The van der Waals surface area contributed by atoms with E-state index in [1.807, 2.05) is 13.8 Å². The van der Waals surface area contributed by atoms with E-state index >= 15 is 0 Å². The van der Waals surface area contributed by atoms with Crippen LogP contribution in [0.4, 0.5) is 0 Å². The van der Waals surface area contributed by atoms with Crippen LogP contribution in [0.5, 0.6) is 0 Å². The van der Waals surface area contributed by atoms with Crippen molar-refractivity contribution in [2.75, 3.05) is 6.61 Å². The van der Waals surface area contributed by atoms with Gasteiger partial charge in [-0.15, -0.1) is 0 Å². The standard InChI is InChI=1S/C13H18ClNO2/c1-9(15-13(2,3)8-16)12(17)10-5-4-6-11(14)7-10/h4-7,15-17H,8H2,1-3H3/b12-9+. The number of hydrogen-bond acceptors (Lipinski definition) is 3. The van der Waals surface area contributed by atoms with Crippen LogP contribution in [-0.2, 0) is 0 Å². The average molecular weight is 256 g/mol.